The predicted octanol–water partition coefficient (Wildman–Crippen LogP) is 0.140. The summed E-state index contributed by atoms with van der Waals surface area (Å²) in [5.41, 5.74) is 0. The van der Waals surface area contributed by atoms with Crippen LogP contribution in [0.25, 0.3) is 0 Å². The highest BCUT2D eigenvalue weighted by molar-refractivity contribution is 6.16. The van der Waals surface area contributed by atoms with Crippen molar-refractivity contribution in [2.45, 2.75) is 19.9 Å². The van der Waals surface area contributed by atoms with Gasteiger partial charge in [0.25, 0.3) is 0 Å². The fourth-order valence-corrected chi connectivity index (χ4v) is 0.984. The van der Waals surface area contributed by atoms with Crippen LogP contribution in [0.1, 0.15) is 13.8 Å². The van der Waals surface area contributed by atoms with E-state index in [4.69, 9.17) is 0 Å². The topological polar surface area (TPSA) is 15.6 Å². The molecule has 0 unspecified atom stereocenters. The first-order valence-electron chi connectivity index (χ1n) is 4.05. The smallest absolute Gasteiger partial charge is 0.0905 e. The van der Waals surface area contributed by atoms with E-state index < -0.39 is 0 Å². The first-order valence-corrected chi connectivity index (χ1v) is 5.47. The Morgan fingerprint density at radius 3 is 2.40 bits per heavy atom. The molecule has 0 heterocycles. The Hall–Kier alpha value is -0.153. The van der Waals surface area contributed by atoms with Crippen molar-refractivity contribution in [3.8, 4) is 0 Å². The van der Waals surface area contributed by atoms with Crippen LogP contribution in [0.4, 0.5) is 0 Å². The van der Waals surface area contributed by atoms with Crippen molar-refractivity contribution in [1.29, 1.82) is 0 Å². The Labute approximate surface area is 66.8 Å². The van der Waals surface area contributed by atoms with Gasteiger partial charge in [0.1, 0.15) is 0 Å². The van der Waals surface area contributed by atoms with Crippen molar-refractivity contribution in [2.75, 3.05) is 19.8 Å². The predicted molar refractivity (Wildman–Crippen MR) is 51.0 cm³/mol. The molecule has 0 aromatic heterocycles. The van der Waals surface area contributed by atoms with E-state index in [0.29, 0.717) is 0 Å². The van der Waals surface area contributed by atoms with Gasteiger partial charge >= 0.3 is 0 Å². The van der Waals surface area contributed by atoms with Crippen LogP contribution in [0.2, 0.25) is 6.04 Å². The molecule has 0 amide bonds. The Bertz CT molecular complexity index is 89.6. The number of rotatable bonds is 5. The molecule has 0 saturated heterocycles. The lowest BCUT2D eigenvalue weighted by Gasteiger charge is -2.13. The van der Waals surface area contributed by atoms with E-state index in [1.807, 2.05) is 6.21 Å². The largest absolute Gasteiger partial charge is 0.285 e. The van der Waals surface area contributed by atoms with Crippen LogP contribution >= 0.6 is 0 Å². The molecular formula is C7H18N2Si. The van der Waals surface area contributed by atoms with Crippen molar-refractivity contribution in [3.63, 3.8) is 0 Å². The minimum absolute atomic E-state index is 0.884. The summed E-state index contributed by atoms with van der Waals surface area (Å²) >= 11 is 0. The van der Waals surface area contributed by atoms with Gasteiger partial charge in [0, 0.05) is 10.2 Å². The van der Waals surface area contributed by atoms with Crippen molar-refractivity contribution in [2.24, 2.45) is 4.99 Å². The van der Waals surface area contributed by atoms with Crippen molar-refractivity contribution >= 4 is 16.5 Å². The van der Waals surface area contributed by atoms with Gasteiger partial charge in [-0.2, -0.15) is 0 Å². The lowest BCUT2D eigenvalue weighted by molar-refractivity contribution is 0.315. The number of hydrogen-bond donors (Lipinski definition) is 0. The van der Waals surface area contributed by atoms with Gasteiger partial charge in [-0.15, -0.1) is 0 Å². The molecule has 2 nitrogen and oxygen atoms in total. The number of nitrogens with zero attached hydrogens (tertiary/aromatic N) is 2. The van der Waals surface area contributed by atoms with Gasteiger partial charge in [-0.05, 0) is 25.3 Å². The lowest BCUT2D eigenvalue weighted by atomic mass is 10.5. The molecule has 0 aliphatic rings. The Morgan fingerprint density at radius 1 is 1.40 bits per heavy atom. The van der Waals surface area contributed by atoms with Crippen molar-refractivity contribution in [3.05, 3.63) is 0 Å². The van der Waals surface area contributed by atoms with E-state index in [-0.39, 0.29) is 0 Å². The summed E-state index contributed by atoms with van der Waals surface area (Å²) in [7, 11) is 1.23. The molecule has 0 radical (unpaired) electrons. The fraction of sp³-hybridized carbons (Fsp3) is 0.857. The molecule has 0 atom stereocenters. The minimum atomic E-state index is 0.884. The number of aliphatic imine (C=N–C) groups is 1. The molecular weight excluding hydrogens is 140 g/mol. The third-order valence-electron chi connectivity index (χ3n) is 1.49. The summed E-state index contributed by atoms with van der Waals surface area (Å²) in [6, 6.07) is 1.18. The van der Waals surface area contributed by atoms with Crippen molar-refractivity contribution < 1.29 is 0 Å². The highest BCUT2D eigenvalue weighted by Crippen LogP contribution is 1.85. The molecule has 0 aliphatic carbocycles. The average molecular weight is 158 g/mol. The quantitative estimate of drug-likeness (QED) is 0.410. The zero-order chi connectivity index (χ0) is 7.82. The summed E-state index contributed by atoms with van der Waals surface area (Å²) in [5, 5.41) is 0. The van der Waals surface area contributed by atoms with Gasteiger partial charge in [-0.25, -0.2) is 0 Å². The monoisotopic (exact) mass is 158 g/mol. The summed E-state index contributed by atoms with van der Waals surface area (Å²) in [5.74, 6) is 0. The van der Waals surface area contributed by atoms with E-state index in [1.165, 1.54) is 16.3 Å². The highest BCUT2D eigenvalue weighted by atomic mass is 28.1. The first kappa shape index (κ1) is 9.85. The molecule has 0 saturated carbocycles. The van der Waals surface area contributed by atoms with Crippen molar-refractivity contribution in [1.82, 2.24) is 4.90 Å². The van der Waals surface area contributed by atoms with Gasteiger partial charge < -0.3 is 0 Å². The van der Waals surface area contributed by atoms with E-state index >= 15 is 0 Å². The van der Waals surface area contributed by atoms with Gasteiger partial charge in [-0.3, -0.25) is 9.89 Å². The summed E-state index contributed by atoms with van der Waals surface area (Å²) in [4.78, 5) is 6.57. The summed E-state index contributed by atoms with van der Waals surface area (Å²) in [6.07, 6.45) is 2.03. The van der Waals surface area contributed by atoms with Crippen LogP contribution in [0, 0.1) is 0 Å². The van der Waals surface area contributed by atoms with Crippen LogP contribution in [-0.2, 0) is 0 Å². The van der Waals surface area contributed by atoms with E-state index in [1.54, 1.807) is 0 Å². The average Bonchev–Trinajstić information content (AvgIpc) is 1.99. The summed E-state index contributed by atoms with van der Waals surface area (Å²) in [6.45, 7) is 7.43. The van der Waals surface area contributed by atoms with Gasteiger partial charge in [0.2, 0.25) is 0 Å². The second kappa shape index (κ2) is 6.96. The maximum absolute atomic E-state index is 4.27. The second-order valence-corrected chi connectivity index (χ2v) is 3.03. The van der Waals surface area contributed by atoms with E-state index in [2.05, 4.69) is 23.7 Å². The highest BCUT2D eigenvalue weighted by Gasteiger charge is 1.92. The van der Waals surface area contributed by atoms with Crippen LogP contribution in [0.5, 0.6) is 0 Å². The molecule has 3 heteroatoms. The van der Waals surface area contributed by atoms with Crippen LogP contribution in [0.15, 0.2) is 4.99 Å². The summed E-state index contributed by atoms with van der Waals surface area (Å²) < 4.78 is 0. The Morgan fingerprint density at radius 2 is 2.00 bits per heavy atom. The van der Waals surface area contributed by atoms with Crippen LogP contribution < -0.4 is 0 Å². The maximum Gasteiger partial charge on any atom is 0.0905 e. The molecule has 0 bridgehead atoms. The van der Waals surface area contributed by atoms with E-state index in [9.17, 15) is 0 Å². The fourth-order valence-electron chi connectivity index (χ4n) is 0.726. The maximum atomic E-state index is 4.27. The van der Waals surface area contributed by atoms with E-state index in [0.717, 1.165) is 19.8 Å². The standard InChI is InChI=1S/C7H18N2Si/c1-3-9(4-2)7-8-5-6-10/h5H,3-4,6-7H2,1-2,10H3. The molecule has 60 valence electrons. The third-order valence-corrected chi connectivity index (χ3v) is 1.85. The SMILES string of the molecule is CCN(CC)CN=CC[SiH3]. The lowest BCUT2D eigenvalue weighted by Crippen LogP contribution is -2.22. The molecule has 0 N–H and O–H groups in total. The van der Waals surface area contributed by atoms with Gasteiger partial charge in [0.15, 0.2) is 0 Å². The van der Waals surface area contributed by atoms with Gasteiger partial charge in [0.05, 0.1) is 6.67 Å². The zero-order valence-electron chi connectivity index (χ0n) is 7.30. The Kier molecular flexibility index (Phi) is 6.85. The first-order chi connectivity index (χ1) is 4.85. The molecule has 0 fully saturated rings. The molecule has 0 aliphatic heterocycles. The van der Waals surface area contributed by atoms with Crippen LogP contribution in [0.3, 0.4) is 0 Å². The third kappa shape index (κ3) is 4.70. The second-order valence-electron chi connectivity index (χ2n) is 2.22. The van der Waals surface area contributed by atoms with Gasteiger partial charge in [-0.1, -0.05) is 13.8 Å². The molecule has 10 heavy (non-hydrogen) atoms. The zero-order valence-corrected chi connectivity index (χ0v) is 9.30. The molecule has 0 aromatic rings. The normalized spacial score (nSPS) is 11.9. The Balaban J connectivity index is 3.34. The molecule has 0 spiro atoms. The molecule has 0 rings (SSSR count). The van der Waals surface area contributed by atoms with Crippen LogP contribution in [-0.4, -0.2) is 41.1 Å². The number of hydrogen-bond acceptors (Lipinski definition) is 2. The minimum Gasteiger partial charge on any atom is -0.285 e. The molecule has 0 aromatic carbocycles.